The van der Waals surface area contributed by atoms with E-state index in [0.29, 0.717) is 30.2 Å². The molecule has 138 valence electrons. The maximum Gasteiger partial charge on any atom is 0.257 e. The van der Waals surface area contributed by atoms with Gasteiger partial charge in [-0.3, -0.25) is 4.79 Å². The van der Waals surface area contributed by atoms with Crippen LogP contribution in [0.1, 0.15) is 15.9 Å². The van der Waals surface area contributed by atoms with E-state index in [9.17, 15) is 4.79 Å². The molecule has 2 heterocycles. The molecular formula is C19H22BrN3O3. The van der Waals surface area contributed by atoms with Gasteiger partial charge in [0.25, 0.3) is 5.91 Å². The summed E-state index contributed by atoms with van der Waals surface area (Å²) in [5, 5.41) is 0. The first-order valence-electron chi connectivity index (χ1n) is 8.42. The van der Waals surface area contributed by atoms with Gasteiger partial charge in [0.1, 0.15) is 5.82 Å². The Bertz CT molecular complexity index is 805. The first kappa shape index (κ1) is 18.5. The molecule has 1 fully saturated rings. The van der Waals surface area contributed by atoms with E-state index in [-0.39, 0.29) is 5.91 Å². The van der Waals surface area contributed by atoms with E-state index >= 15 is 0 Å². The summed E-state index contributed by atoms with van der Waals surface area (Å²) in [4.78, 5) is 21.5. The highest BCUT2D eigenvalue weighted by Gasteiger charge is 2.26. The number of nitrogens with zero attached hydrogens (tertiary/aromatic N) is 3. The van der Waals surface area contributed by atoms with Crippen LogP contribution in [0.5, 0.6) is 11.5 Å². The number of ether oxygens (including phenoxy) is 2. The standard InChI is InChI=1S/C19H22BrN3O3/c1-13-11-14(20)12-21-18(13)22-7-9-23(10-8-22)19(24)15-5-4-6-16(25-2)17(15)26-3/h4-6,11-12H,7-10H2,1-3H3. The molecule has 26 heavy (non-hydrogen) atoms. The molecule has 0 unspecified atom stereocenters. The van der Waals surface area contributed by atoms with Gasteiger partial charge in [-0.05, 0) is 46.6 Å². The molecule has 0 spiro atoms. The maximum atomic E-state index is 13.0. The summed E-state index contributed by atoms with van der Waals surface area (Å²) in [5.74, 6) is 1.97. The summed E-state index contributed by atoms with van der Waals surface area (Å²) >= 11 is 3.44. The van der Waals surface area contributed by atoms with E-state index in [4.69, 9.17) is 9.47 Å². The smallest absolute Gasteiger partial charge is 0.257 e. The van der Waals surface area contributed by atoms with E-state index in [1.54, 1.807) is 38.6 Å². The molecule has 0 radical (unpaired) electrons. The van der Waals surface area contributed by atoms with E-state index in [1.807, 2.05) is 11.8 Å². The maximum absolute atomic E-state index is 13.0. The monoisotopic (exact) mass is 419 g/mol. The van der Waals surface area contributed by atoms with Crippen LogP contribution in [-0.4, -0.2) is 56.2 Å². The number of benzene rings is 1. The topological polar surface area (TPSA) is 54.9 Å². The van der Waals surface area contributed by atoms with Crippen LogP contribution in [0.15, 0.2) is 34.9 Å². The van der Waals surface area contributed by atoms with Crippen molar-refractivity contribution in [1.29, 1.82) is 0 Å². The van der Waals surface area contributed by atoms with Gasteiger partial charge in [0.05, 0.1) is 19.8 Å². The minimum atomic E-state index is -0.0408. The molecular weight excluding hydrogens is 398 g/mol. The van der Waals surface area contributed by atoms with Crippen molar-refractivity contribution in [3.05, 3.63) is 46.1 Å². The van der Waals surface area contributed by atoms with Crippen LogP contribution in [0.25, 0.3) is 0 Å². The van der Waals surface area contributed by atoms with Crippen molar-refractivity contribution in [2.75, 3.05) is 45.3 Å². The Morgan fingerprint density at radius 2 is 1.88 bits per heavy atom. The Morgan fingerprint density at radius 3 is 2.50 bits per heavy atom. The Labute approximate surface area is 161 Å². The molecule has 1 saturated heterocycles. The normalized spacial score (nSPS) is 14.3. The molecule has 0 aliphatic carbocycles. The highest BCUT2D eigenvalue weighted by Crippen LogP contribution is 2.32. The number of carbonyl (C=O) groups excluding carboxylic acids is 1. The number of carbonyl (C=O) groups is 1. The number of aryl methyl sites for hydroxylation is 1. The Balaban J connectivity index is 1.73. The summed E-state index contributed by atoms with van der Waals surface area (Å²) in [5.41, 5.74) is 1.65. The molecule has 3 rings (SSSR count). The zero-order valence-corrected chi connectivity index (χ0v) is 16.7. The molecule has 1 aliphatic rings. The lowest BCUT2D eigenvalue weighted by Crippen LogP contribution is -2.49. The Morgan fingerprint density at radius 1 is 1.15 bits per heavy atom. The van der Waals surface area contributed by atoms with Crippen molar-refractivity contribution in [3.63, 3.8) is 0 Å². The predicted octanol–water partition coefficient (Wildman–Crippen LogP) is 3.13. The highest BCUT2D eigenvalue weighted by molar-refractivity contribution is 9.10. The Hall–Kier alpha value is -2.28. The van der Waals surface area contributed by atoms with Gasteiger partial charge in [-0.15, -0.1) is 0 Å². The number of para-hydroxylation sites is 1. The highest BCUT2D eigenvalue weighted by atomic mass is 79.9. The summed E-state index contributed by atoms with van der Waals surface area (Å²) in [6, 6.07) is 7.42. The fourth-order valence-corrected chi connectivity index (χ4v) is 3.66. The zero-order chi connectivity index (χ0) is 18.7. The quantitative estimate of drug-likeness (QED) is 0.761. The van der Waals surface area contributed by atoms with E-state index in [2.05, 4.69) is 31.9 Å². The van der Waals surface area contributed by atoms with Crippen molar-refractivity contribution >= 4 is 27.7 Å². The number of anilines is 1. The second-order valence-corrected chi connectivity index (χ2v) is 7.03. The van der Waals surface area contributed by atoms with Crippen molar-refractivity contribution in [1.82, 2.24) is 9.88 Å². The average Bonchev–Trinajstić information content (AvgIpc) is 2.67. The first-order valence-corrected chi connectivity index (χ1v) is 9.21. The average molecular weight is 420 g/mol. The van der Waals surface area contributed by atoms with Crippen LogP contribution in [0, 0.1) is 6.92 Å². The summed E-state index contributed by atoms with van der Waals surface area (Å²) in [6.45, 7) is 4.81. The molecule has 0 saturated carbocycles. The molecule has 1 amide bonds. The van der Waals surface area contributed by atoms with Crippen LogP contribution in [0.2, 0.25) is 0 Å². The SMILES string of the molecule is COc1cccc(C(=O)N2CCN(c3ncc(Br)cc3C)CC2)c1OC. The van der Waals surface area contributed by atoms with Crippen LogP contribution < -0.4 is 14.4 Å². The second-order valence-electron chi connectivity index (χ2n) is 6.11. The number of rotatable bonds is 4. The Kier molecular flexibility index (Phi) is 5.66. The third kappa shape index (κ3) is 3.62. The molecule has 6 nitrogen and oxygen atoms in total. The predicted molar refractivity (Wildman–Crippen MR) is 104 cm³/mol. The van der Waals surface area contributed by atoms with E-state index in [1.165, 1.54) is 0 Å². The lowest BCUT2D eigenvalue weighted by molar-refractivity contribution is 0.0742. The number of methoxy groups -OCH3 is 2. The first-order chi connectivity index (χ1) is 12.5. The number of piperazine rings is 1. The van der Waals surface area contributed by atoms with Gasteiger partial charge in [0.2, 0.25) is 0 Å². The van der Waals surface area contributed by atoms with Gasteiger partial charge >= 0.3 is 0 Å². The van der Waals surface area contributed by atoms with Crippen LogP contribution >= 0.6 is 15.9 Å². The van der Waals surface area contributed by atoms with Crippen LogP contribution in [0.4, 0.5) is 5.82 Å². The van der Waals surface area contributed by atoms with Crippen molar-refractivity contribution in [2.45, 2.75) is 6.92 Å². The molecule has 1 aliphatic heterocycles. The van der Waals surface area contributed by atoms with Gasteiger partial charge in [-0.1, -0.05) is 6.07 Å². The van der Waals surface area contributed by atoms with Crippen molar-refractivity contribution in [2.24, 2.45) is 0 Å². The number of hydrogen-bond donors (Lipinski definition) is 0. The number of halogens is 1. The van der Waals surface area contributed by atoms with E-state index < -0.39 is 0 Å². The lowest BCUT2D eigenvalue weighted by Gasteiger charge is -2.36. The third-order valence-corrected chi connectivity index (χ3v) is 4.95. The van der Waals surface area contributed by atoms with Gasteiger partial charge in [-0.2, -0.15) is 0 Å². The molecule has 0 bridgehead atoms. The molecule has 7 heteroatoms. The van der Waals surface area contributed by atoms with Gasteiger partial charge in [0.15, 0.2) is 11.5 Å². The minimum absolute atomic E-state index is 0.0408. The molecule has 1 aromatic heterocycles. The number of hydrogen-bond acceptors (Lipinski definition) is 5. The van der Waals surface area contributed by atoms with Gasteiger partial charge < -0.3 is 19.3 Å². The third-order valence-electron chi connectivity index (χ3n) is 4.52. The van der Waals surface area contributed by atoms with Crippen molar-refractivity contribution in [3.8, 4) is 11.5 Å². The second kappa shape index (κ2) is 7.95. The molecule has 1 aromatic carbocycles. The fraction of sp³-hybridized carbons (Fsp3) is 0.368. The van der Waals surface area contributed by atoms with Gasteiger partial charge in [0, 0.05) is 36.8 Å². The number of pyridine rings is 1. The largest absolute Gasteiger partial charge is 0.493 e. The zero-order valence-electron chi connectivity index (χ0n) is 15.2. The van der Waals surface area contributed by atoms with Gasteiger partial charge in [-0.25, -0.2) is 4.98 Å². The molecule has 0 atom stereocenters. The molecule has 0 N–H and O–H groups in total. The number of aromatic nitrogens is 1. The summed E-state index contributed by atoms with van der Waals surface area (Å²) < 4.78 is 11.7. The lowest BCUT2D eigenvalue weighted by atomic mass is 10.1. The number of amides is 1. The summed E-state index contributed by atoms with van der Waals surface area (Å²) in [7, 11) is 3.12. The van der Waals surface area contributed by atoms with E-state index in [0.717, 1.165) is 28.9 Å². The van der Waals surface area contributed by atoms with Crippen LogP contribution in [0.3, 0.4) is 0 Å². The minimum Gasteiger partial charge on any atom is -0.493 e. The summed E-state index contributed by atoms with van der Waals surface area (Å²) in [6.07, 6.45) is 1.81. The fourth-order valence-electron chi connectivity index (χ4n) is 3.21. The van der Waals surface area contributed by atoms with Crippen molar-refractivity contribution < 1.29 is 14.3 Å². The van der Waals surface area contributed by atoms with Crippen LogP contribution in [-0.2, 0) is 0 Å². The molecule has 2 aromatic rings.